The van der Waals surface area contributed by atoms with Gasteiger partial charge < -0.3 is 19.9 Å². The minimum absolute atomic E-state index is 0.0258. The van der Waals surface area contributed by atoms with E-state index in [1.165, 1.54) is 6.42 Å². The van der Waals surface area contributed by atoms with Gasteiger partial charge in [0.25, 0.3) is 0 Å². The molecule has 0 radical (unpaired) electrons. The third kappa shape index (κ3) is 2.22. The van der Waals surface area contributed by atoms with Crippen molar-refractivity contribution in [3.63, 3.8) is 0 Å². The molecule has 0 aromatic heterocycles. The molecule has 0 aromatic carbocycles. The maximum Gasteiger partial charge on any atom is 0.481 e. The molecule has 3 saturated carbocycles. The molecule has 0 aromatic rings. The lowest BCUT2D eigenvalue weighted by molar-refractivity contribution is -0.185. The topological polar surface area (TPSA) is 64.8 Å². The van der Waals surface area contributed by atoms with E-state index in [9.17, 15) is 4.79 Å². The van der Waals surface area contributed by atoms with E-state index in [1.807, 2.05) is 11.8 Å². The van der Waals surface area contributed by atoms with Gasteiger partial charge >= 0.3 is 7.12 Å². The molecule has 5 nitrogen and oxygen atoms in total. The summed E-state index contributed by atoms with van der Waals surface area (Å²) in [6, 6.07) is -0.406. The first-order chi connectivity index (χ1) is 11.3. The standard InChI is InChI=1S/C18H31BN2O3/c1-5-13(20)16(22)21-8-6-7-14(21)19-23-15-12-9-11(17(12,2)3)10-18(15,4)24-19/h11-15H,5-10,20H2,1-4H3/t11-,12+,13+,14+,15-,18+/m1/s1. The maximum atomic E-state index is 12.6. The van der Waals surface area contributed by atoms with Gasteiger partial charge in [0.1, 0.15) is 0 Å². The first kappa shape index (κ1) is 16.9. The van der Waals surface area contributed by atoms with Crippen molar-refractivity contribution in [2.75, 3.05) is 6.54 Å². The van der Waals surface area contributed by atoms with E-state index in [0.29, 0.717) is 17.8 Å². The average molecular weight is 334 g/mol. The highest BCUT2D eigenvalue weighted by molar-refractivity contribution is 6.48. The molecule has 5 fully saturated rings. The molecule has 5 aliphatic rings. The van der Waals surface area contributed by atoms with Crippen molar-refractivity contribution in [1.82, 2.24) is 4.90 Å². The van der Waals surface area contributed by atoms with E-state index >= 15 is 0 Å². The first-order valence-corrected chi connectivity index (χ1v) is 9.67. The summed E-state index contributed by atoms with van der Waals surface area (Å²) in [6.45, 7) is 9.69. The number of carbonyl (C=O) groups excluding carboxylic acids is 1. The summed E-state index contributed by atoms with van der Waals surface area (Å²) in [5.41, 5.74) is 6.17. The molecule has 2 saturated heterocycles. The Morgan fingerprint density at radius 2 is 2.17 bits per heavy atom. The minimum atomic E-state index is -0.406. The summed E-state index contributed by atoms with van der Waals surface area (Å²) < 4.78 is 12.9. The normalized spacial score (nSPS) is 44.2. The molecule has 0 spiro atoms. The van der Waals surface area contributed by atoms with E-state index in [2.05, 4.69) is 20.8 Å². The van der Waals surface area contributed by atoms with E-state index in [4.69, 9.17) is 15.0 Å². The van der Waals surface area contributed by atoms with Gasteiger partial charge in [0.2, 0.25) is 5.91 Å². The van der Waals surface area contributed by atoms with Crippen molar-refractivity contribution in [2.45, 2.75) is 83.5 Å². The zero-order valence-electron chi connectivity index (χ0n) is 15.5. The molecule has 3 aliphatic carbocycles. The zero-order valence-corrected chi connectivity index (χ0v) is 15.5. The van der Waals surface area contributed by atoms with E-state index in [0.717, 1.165) is 31.7 Å². The van der Waals surface area contributed by atoms with Gasteiger partial charge in [-0.2, -0.15) is 0 Å². The van der Waals surface area contributed by atoms with Crippen LogP contribution in [0, 0.1) is 17.3 Å². The Bertz CT molecular complexity index is 542. The predicted octanol–water partition coefficient (Wildman–Crippen LogP) is 1.98. The van der Waals surface area contributed by atoms with Gasteiger partial charge in [0.15, 0.2) is 0 Å². The summed E-state index contributed by atoms with van der Waals surface area (Å²) in [5.74, 6) is 1.39. The molecule has 6 atom stereocenters. The number of hydrogen-bond acceptors (Lipinski definition) is 4. The molecule has 1 amide bonds. The summed E-state index contributed by atoms with van der Waals surface area (Å²) in [5, 5.41) is 0. The van der Waals surface area contributed by atoms with Crippen LogP contribution in [0.2, 0.25) is 0 Å². The summed E-state index contributed by atoms with van der Waals surface area (Å²) in [7, 11) is -0.286. The van der Waals surface area contributed by atoms with Crippen molar-refractivity contribution >= 4 is 13.0 Å². The van der Waals surface area contributed by atoms with Crippen molar-refractivity contribution in [3.8, 4) is 0 Å². The van der Waals surface area contributed by atoms with Gasteiger partial charge in [0.05, 0.1) is 23.7 Å². The van der Waals surface area contributed by atoms with Crippen molar-refractivity contribution < 1.29 is 14.1 Å². The molecule has 0 unspecified atom stereocenters. The van der Waals surface area contributed by atoms with Crippen molar-refractivity contribution in [1.29, 1.82) is 0 Å². The van der Waals surface area contributed by atoms with Crippen LogP contribution in [0.1, 0.15) is 59.8 Å². The van der Waals surface area contributed by atoms with Crippen LogP contribution < -0.4 is 5.73 Å². The average Bonchev–Trinajstić information content (AvgIpc) is 3.15. The first-order valence-electron chi connectivity index (χ1n) is 9.67. The molecule has 2 N–H and O–H groups in total. The van der Waals surface area contributed by atoms with Crippen molar-refractivity contribution in [2.24, 2.45) is 23.0 Å². The second-order valence-corrected chi connectivity index (χ2v) is 9.18. The van der Waals surface area contributed by atoms with Crippen molar-refractivity contribution in [3.05, 3.63) is 0 Å². The lowest BCUT2D eigenvalue weighted by Gasteiger charge is -2.63. The van der Waals surface area contributed by atoms with Crippen LogP contribution in [0.4, 0.5) is 0 Å². The highest BCUT2D eigenvalue weighted by atomic mass is 16.7. The Morgan fingerprint density at radius 3 is 2.83 bits per heavy atom. The number of likely N-dealkylation sites (tertiary alicyclic amines) is 1. The highest BCUT2D eigenvalue weighted by Crippen LogP contribution is 2.64. The summed E-state index contributed by atoms with van der Waals surface area (Å²) in [4.78, 5) is 14.5. The van der Waals surface area contributed by atoms with Crippen LogP contribution in [0.15, 0.2) is 0 Å². The lowest BCUT2D eigenvalue weighted by atomic mass is 9.45. The Kier molecular flexibility index (Phi) is 3.83. The van der Waals surface area contributed by atoms with Gasteiger partial charge in [-0.3, -0.25) is 4.79 Å². The lowest BCUT2D eigenvalue weighted by Crippen LogP contribution is -2.63. The van der Waals surface area contributed by atoms with Crippen LogP contribution in [-0.2, 0) is 14.1 Å². The molecular formula is C18H31BN2O3. The van der Waals surface area contributed by atoms with Gasteiger partial charge in [-0.05, 0) is 56.3 Å². The molecule has 134 valence electrons. The molecule has 6 heteroatoms. The van der Waals surface area contributed by atoms with E-state index in [1.54, 1.807) is 0 Å². The predicted molar refractivity (Wildman–Crippen MR) is 93.1 cm³/mol. The Morgan fingerprint density at radius 1 is 1.42 bits per heavy atom. The fourth-order valence-corrected chi connectivity index (χ4v) is 5.64. The summed E-state index contributed by atoms with van der Waals surface area (Å²) in [6.07, 6.45) is 5.14. The Labute approximate surface area is 145 Å². The monoisotopic (exact) mass is 334 g/mol. The van der Waals surface area contributed by atoms with Crippen LogP contribution in [0.5, 0.6) is 0 Å². The van der Waals surface area contributed by atoms with Crippen LogP contribution in [0.3, 0.4) is 0 Å². The third-order valence-electron chi connectivity index (χ3n) is 7.48. The van der Waals surface area contributed by atoms with Gasteiger partial charge in [-0.25, -0.2) is 0 Å². The van der Waals surface area contributed by atoms with Crippen LogP contribution >= 0.6 is 0 Å². The maximum absolute atomic E-state index is 12.6. The number of rotatable bonds is 3. The smallest absolute Gasteiger partial charge is 0.404 e. The molecule has 5 rings (SSSR count). The minimum Gasteiger partial charge on any atom is -0.404 e. The van der Waals surface area contributed by atoms with Crippen LogP contribution in [0.25, 0.3) is 0 Å². The zero-order chi connectivity index (χ0) is 17.3. The quantitative estimate of drug-likeness (QED) is 0.802. The molecule has 24 heavy (non-hydrogen) atoms. The number of nitrogens with two attached hydrogens (primary N) is 1. The number of nitrogens with zero attached hydrogens (tertiary/aromatic N) is 1. The van der Waals surface area contributed by atoms with E-state index < -0.39 is 6.04 Å². The largest absolute Gasteiger partial charge is 0.481 e. The van der Waals surface area contributed by atoms with E-state index in [-0.39, 0.29) is 30.7 Å². The molecule has 2 heterocycles. The second kappa shape index (κ2) is 5.45. The molecule has 2 bridgehead atoms. The van der Waals surface area contributed by atoms with Gasteiger partial charge in [0, 0.05) is 6.54 Å². The fraction of sp³-hybridized carbons (Fsp3) is 0.944. The Hall–Kier alpha value is -0.585. The number of hydrogen-bond donors (Lipinski definition) is 1. The number of carbonyl (C=O) groups is 1. The third-order valence-corrected chi connectivity index (χ3v) is 7.48. The molecule has 2 aliphatic heterocycles. The summed E-state index contributed by atoms with van der Waals surface area (Å²) >= 11 is 0. The van der Waals surface area contributed by atoms with Gasteiger partial charge in [-0.15, -0.1) is 0 Å². The SMILES string of the molecule is CC[C@H](N)C(=O)N1CCC[C@H]1B1O[C@@H]2[C@@H]3C[C@H](C[C@]2(C)O1)C3(C)C. The number of amides is 1. The molecular weight excluding hydrogens is 303 g/mol. The fourth-order valence-electron chi connectivity index (χ4n) is 5.64. The highest BCUT2D eigenvalue weighted by Gasteiger charge is 2.67. The van der Waals surface area contributed by atoms with Gasteiger partial charge in [-0.1, -0.05) is 20.8 Å². The second-order valence-electron chi connectivity index (χ2n) is 9.18. The Balaban J connectivity index is 1.51. The van der Waals surface area contributed by atoms with Crippen LogP contribution in [-0.4, -0.2) is 48.2 Å².